The number of hydrogen-bond donors (Lipinski definition) is 3. The fourth-order valence-electron chi connectivity index (χ4n) is 1.11. The first-order valence-electron chi connectivity index (χ1n) is 4.53. The van der Waals surface area contributed by atoms with Crippen molar-refractivity contribution in [3.05, 3.63) is 29.8 Å². The molecule has 0 saturated heterocycles. The van der Waals surface area contributed by atoms with Crippen molar-refractivity contribution in [1.82, 2.24) is 5.32 Å². The van der Waals surface area contributed by atoms with Crippen molar-refractivity contribution in [2.75, 3.05) is 18.0 Å². The predicted octanol–water partition coefficient (Wildman–Crippen LogP) is -0.713. The van der Waals surface area contributed by atoms with E-state index in [0.717, 1.165) is 0 Å². The zero-order valence-electron chi connectivity index (χ0n) is 8.51. The van der Waals surface area contributed by atoms with Crippen molar-refractivity contribution >= 4 is 21.6 Å². The summed E-state index contributed by atoms with van der Waals surface area (Å²) in [6.45, 7) is -0.0357. The van der Waals surface area contributed by atoms with Crippen molar-refractivity contribution in [3.63, 3.8) is 0 Å². The van der Waals surface area contributed by atoms with E-state index < -0.39 is 15.9 Å². The van der Waals surface area contributed by atoms with Crippen LogP contribution in [0, 0.1) is 0 Å². The first-order chi connectivity index (χ1) is 7.40. The third-order valence-corrected chi connectivity index (χ3v) is 2.65. The number of rotatable bonds is 4. The molecule has 0 aliphatic carbocycles. The molecule has 16 heavy (non-hydrogen) atoms. The average Bonchev–Trinajstić information content (AvgIpc) is 2.16. The van der Waals surface area contributed by atoms with Crippen molar-refractivity contribution < 1.29 is 13.2 Å². The fraction of sp³-hybridized carbons (Fsp3) is 0.222. The molecule has 1 aromatic carbocycles. The zero-order valence-corrected chi connectivity index (χ0v) is 9.33. The Labute approximate surface area is 93.7 Å². The molecule has 0 saturated carbocycles. The first-order valence-corrected chi connectivity index (χ1v) is 6.25. The lowest BCUT2D eigenvalue weighted by Crippen LogP contribution is -2.31. The monoisotopic (exact) mass is 243 g/mol. The minimum atomic E-state index is -3.56. The number of nitrogens with two attached hydrogens (primary N) is 2. The predicted molar refractivity (Wildman–Crippen MR) is 61.2 cm³/mol. The van der Waals surface area contributed by atoms with Gasteiger partial charge in [-0.25, -0.2) is 13.6 Å². The number of primary sulfonamides is 1. The number of carbonyl (C=O) groups excluding carboxylic acids is 1. The fourth-order valence-corrected chi connectivity index (χ4v) is 1.49. The van der Waals surface area contributed by atoms with E-state index >= 15 is 0 Å². The molecule has 7 heteroatoms. The van der Waals surface area contributed by atoms with Crippen LogP contribution in [0.25, 0.3) is 0 Å². The molecule has 5 N–H and O–H groups in total. The summed E-state index contributed by atoms with van der Waals surface area (Å²) < 4.78 is 21.2. The number of sulfonamides is 1. The van der Waals surface area contributed by atoms with Crippen LogP contribution >= 0.6 is 0 Å². The Morgan fingerprint density at radius 2 is 1.94 bits per heavy atom. The van der Waals surface area contributed by atoms with E-state index in [1.807, 2.05) is 0 Å². The van der Waals surface area contributed by atoms with Crippen molar-refractivity contribution in [1.29, 1.82) is 0 Å². The molecule has 1 amide bonds. The van der Waals surface area contributed by atoms with Crippen molar-refractivity contribution in [3.8, 4) is 0 Å². The molecular formula is C9H13N3O3S. The molecule has 0 aliphatic heterocycles. The van der Waals surface area contributed by atoms with Gasteiger partial charge in [-0.05, 0) is 12.1 Å². The Morgan fingerprint density at radius 1 is 1.31 bits per heavy atom. The van der Waals surface area contributed by atoms with Crippen LogP contribution in [0.4, 0.5) is 5.69 Å². The van der Waals surface area contributed by atoms with E-state index in [2.05, 4.69) is 5.32 Å². The molecule has 0 fully saturated rings. The molecular weight excluding hydrogens is 230 g/mol. The van der Waals surface area contributed by atoms with Gasteiger partial charge in [0.15, 0.2) is 0 Å². The largest absolute Gasteiger partial charge is 0.398 e. The first kappa shape index (κ1) is 12.5. The Kier molecular flexibility index (Phi) is 3.86. The third kappa shape index (κ3) is 3.87. The number of nitrogen functional groups attached to an aromatic ring is 1. The van der Waals surface area contributed by atoms with Gasteiger partial charge in [0.05, 0.1) is 11.3 Å². The standard InChI is InChI=1S/C9H13N3O3S/c10-8-4-2-1-3-7(8)9(13)12-5-6-16(11,14)15/h1-4H,5-6,10H2,(H,12,13)(H2,11,14,15). The minimum Gasteiger partial charge on any atom is -0.398 e. The second-order valence-electron chi connectivity index (χ2n) is 3.21. The van der Waals surface area contributed by atoms with Crippen LogP contribution in [0.3, 0.4) is 0 Å². The van der Waals surface area contributed by atoms with Gasteiger partial charge in [-0.3, -0.25) is 4.79 Å². The SMILES string of the molecule is Nc1ccccc1C(=O)NCCS(N)(=O)=O. The number of carbonyl (C=O) groups is 1. The molecule has 88 valence electrons. The van der Waals surface area contributed by atoms with Gasteiger partial charge in [0, 0.05) is 12.2 Å². The molecule has 0 aliphatic rings. The van der Waals surface area contributed by atoms with Crippen LogP contribution in [-0.2, 0) is 10.0 Å². The van der Waals surface area contributed by atoms with Gasteiger partial charge in [-0.15, -0.1) is 0 Å². The Hall–Kier alpha value is -1.60. The maximum atomic E-state index is 11.5. The molecule has 6 nitrogen and oxygen atoms in total. The lowest BCUT2D eigenvalue weighted by Gasteiger charge is -2.06. The lowest BCUT2D eigenvalue weighted by atomic mass is 10.2. The maximum Gasteiger partial charge on any atom is 0.253 e. The number of para-hydroxylation sites is 1. The highest BCUT2D eigenvalue weighted by Gasteiger charge is 2.09. The number of anilines is 1. The van der Waals surface area contributed by atoms with Gasteiger partial charge in [0.2, 0.25) is 10.0 Å². The van der Waals surface area contributed by atoms with Crippen molar-refractivity contribution in [2.45, 2.75) is 0 Å². The number of hydrogen-bond acceptors (Lipinski definition) is 4. The van der Waals surface area contributed by atoms with E-state index in [1.165, 1.54) is 0 Å². The highest BCUT2D eigenvalue weighted by Crippen LogP contribution is 2.09. The van der Waals surface area contributed by atoms with Gasteiger partial charge >= 0.3 is 0 Å². The van der Waals surface area contributed by atoms with Crippen LogP contribution in [0.15, 0.2) is 24.3 Å². The molecule has 0 atom stereocenters. The summed E-state index contributed by atoms with van der Waals surface area (Å²) in [4.78, 5) is 11.5. The highest BCUT2D eigenvalue weighted by atomic mass is 32.2. The average molecular weight is 243 g/mol. The van der Waals surface area contributed by atoms with Crippen molar-refractivity contribution in [2.24, 2.45) is 5.14 Å². The summed E-state index contributed by atoms with van der Waals surface area (Å²) in [6.07, 6.45) is 0. The molecule has 0 spiro atoms. The Morgan fingerprint density at radius 3 is 2.50 bits per heavy atom. The van der Waals surface area contributed by atoms with Gasteiger partial charge < -0.3 is 11.1 Å². The summed E-state index contributed by atoms with van der Waals surface area (Å²) in [5.41, 5.74) is 6.23. The van der Waals surface area contributed by atoms with E-state index in [9.17, 15) is 13.2 Å². The molecule has 0 heterocycles. The number of amides is 1. The topological polar surface area (TPSA) is 115 Å². The second kappa shape index (κ2) is 4.95. The van der Waals surface area contributed by atoms with Crippen LogP contribution in [0.1, 0.15) is 10.4 Å². The Bertz CT molecular complexity index is 485. The van der Waals surface area contributed by atoms with Gasteiger partial charge in [-0.2, -0.15) is 0 Å². The van der Waals surface area contributed by atoms with Crippen LogP contribution in [0.2, 0.25) is 0 Å². The normalized spacial score (nSPS) is 11.1. The Balaban J connectivity index is 2.57. The van der Waals surface area contributed by atoms with Gasteiger partial charge in [-0.1, -0.05) is 12.1 Å². The summed E-state index contributed by atoms with van der Waals surface area (Å²) in [5.74, 6) is -0.715. The zero-order chi connectivity index (χ0) is 12.2. The molecule has 0 aromatic heterocycles. The smallest absolute Gasteiger partial charge is 0.253 e. The minimum absolute atomic E-state index is 0.0357. The molecule has 0 bridgehead atoms. The summed E-state index contributed by atoms with van der Waals surface area (Å²) in [5, 5.41) is 7.20. The summed E-state index contributed by atoms with van der Waals surface area (Å²) in [6, 6.07) is 6.53. The van der Waals surface area contributed by atoms with E-state index in [4.69, 9.17) is 10.9 Å². The highest BCUT2D eigenvalue weighted by molar-refractivity contribution is 7.89. The van der Waals surface area contributed by atoms with E-state index in [0.29, 0.717) is 11.3 Å². The van der Waals surface area contributed by atoms with Gasteiger partial charge in [0.1, 0.15) is 0 Å². The summed E-state index contributed by atoms with van der Waals surface area (Å²) in [7, 11) is -3.56. The number of benzene rings is 1. The van der Waals surface area contributed by atoms with Crippen LogP contribution in [0.5, 0.6) is 0 Å². The third-order valence-electron chi connectivity index (χ3n) is 1.88. The molecule has 0 unspecified atom stereocenters. The molecule has 1 rings (SSSR count). The quantitative estimate of drug-likeness (QED) is 0.605. The van der Waals surface area contributed by atoms with E-state index in [-0.39, 0.29) is 12.3 Å². The lowest BCUT2D eigenvalue weighted by molar-refractivity contribution is 0.0957. The number of nitrogens with one attached hydrogen (secondary N) is 1. The van der Waals surface area contributed by atoms with Crippen LogP contribution in [-0.4, -0.2) is 26.6 Å². The molecule has 1 aromatic rings. The van der Waals surface area contributed by atoms with Gasteiger partial charge in [0.25, 0.3) is 5.91 Å². The molecule has 0 radical (unpaired) electrons. The van der Waals surface area contributed by atoms with Crippen LogP contribution < -0.4 is 16.2 Å². The maximum absolute atomic E-state index is 11.5. The van der Waals surface area contributed by atoms with E-state index in [1.54, 1.807) is 24.3 Å². The second-order valence-corrected chi connectivity index (χ2v) is 4.94. The summed E-state index contributed by atoms with van der Waals surface area (Å²) >= 11 is 0.